The molecule has 11 heteroatoms. The van der Waals surface area contributed by atoms with Crippen molar-refractivity contribution in [3.8, 4) is 0 Å². The number of alkyl halides is 3. The highest BCUT2D eigenvalue weighted by Gasteiger charge is 2.38. The number of carbonyl (C=O) groups is 4. The van der Waals surface area contributed by atoms with Gasteiger partial charge < -0.3 is 16.2 Å². The van der Waals surface area contributed by atoms with Crippen LogP contribution in [0.2, 0.25) is 0 Å². The first-order chi connectivity index (χ1) is 10.1. The lowest BCUT2D eigenvalue weighted by molar-refractivity contribution is -0.192. The molecule has 1 aliphatic rings. The van der Waals surface area contributed by atoms with Crippen molar-refractivity contribution in [3.63, 3.8) is 0 Å². The number of aliphatic carboxylic acids is 1. The van der Waals surface area contributed by atoms with Crippen LogP contribution in [0, 0.1) is 0 Å². The van der Waals surface area contributed by atoms with E-state index < -0.39 is 12.1 Å². The molecule has 0 aromatic rings. The molecule has 0 atom stereocenters. The zero-order valence-electron chi connectivity index (χ0n) is 11.2. The normalized spacial score (nSPS) is 13.9. The van der Waals surface area contributed by atoms with E-state index in [1.165, 1.54) is 12.2 Å². The molecule has 1 rings (SSSR count). The Morgan fingerprint density at radius 2 is 1.64 bits per heavy atom. The molecule has 0 radical (unpaired) electrons. The highest BCUT2D eigenvalue weighted by molar-refractivity contribution is 6.12. The van der Waals surface area contributed by atoms with E-state index in [4.69, 9.17) is 15.6 Å². The first-order valence-electron chi connectivity index (χ1n) is 5.88. The molecule has 0 bridgehead atoms. The lowest BCUT2D eigenvalue weighted by Gasteiger charge is -2.13. The largest absolute Gasteiger partial charge is 0.490 e. The topological polar surface area (TPSA) is 130 Å². The highest BCUT2D eigenvalue weighted by Crippen LogP contribution is 2.13. The van der Waals surface area contributed by atoms with E-state index in [2.05, 4.69) is 5.32 Å². The zero-order valence-corrected chi connectivity index (χ0v) is 11.2. The van der Waals surface area contributed by atoms with Crippen LogP contribution in [0.25, 0.3) is 0 Å². The molecule has 0 aliphatic carbocycles. The van der Waals surface area contributed by atoms with Crippen LogP contribution >= 0.6 is 0 Å². The van der Waals surface area contributed by atoms with Crippen LogP contribution in [0.15, 0.2) is 12.2 Å². The maximum atomic E-state index is 11.1. The summed E-state index contributed by atoms with van der Waals surface area (Å²) in [4.78, 5) is 42.6. The molecule has 0 saturated carbocycles. The molecule has 0 saturated heterocycles. The Morgan fingerprint density at radius 3 is 2.00 bits per heavy atom. The number of carboxylic acid groups (broad SMARTS) is 1. The fraction of sp³-hybridized carbons (Fsp3) is 0.455. The second-order valence-corrected chi connectivity index (χ2v) is 3.93. The molecule has 4 N–H and O–H groups in total. The van der Waals surface area contributed by atoms with Gasteiger partial charge >= 0.3 is 12.1 Å². The third kappa shape index (κ3) is 7.99. The smallest absolute Gasteiger partial charge is 0.475 e. The van der Waals surface area contributed by atoms with E-state index in [-0.39, 0.29) is 24.1 Å². The summed E-state index contributed by atoms with van der Waals surface area (Å²) >= 11 is 0. The molecule has 8 nitrogen and oxygen atoms in total. The number of hydrogen-bond donors (Lipinski definition) is 3. The van der Waals surface area contributed by atoms with Gasteiger partial charge in [0.2, 0.25) is 5.91 Å². The number of nitrogens with one attached hydrogen (secondary N) is 1. The Morgan fingerprint density at radius 1 is 1.18 bits per heavy atom. The number of carbonyl (C=O) groups excluding carboxylic acids is 3. The first-order valence-corrected chi connectivity index (χ1v) is 5.88. The summed E-state index contributed by atoms with van der Waals surface area (Å²) in [6.07, 6.45) is -2.35. The van der Waals surface area contributed by atoms with Gasteiger partial charge in [0.1, 0.15) is 0 Å². The minimum absolute atomic E-state index is 0.250. The van der Waals surface area contributed by atoms with Crippen molar-refractivity contribution >= 4 is 23.7 Å². The van der Waals surface area contributed by atoms with E-state index in [9.17, 15) is 27.6 Å². The molecule has 22 heavy (non-hydrogen) atoms. The van der Waals surface area contributed by atoms with E-state index in [1.54, 1.807) is 0 Å². The number of rotatable bonds is 6. The number of carboxylic acids is 1. The van der Waals surface area contributed by atoms with Crippen LogP contribution in [0.3, 0.4) is 0 Å². The Bertz CT molecular complexity index is 458. The third-order valence-electron chi connectivity index (χ3n) is 2.20. The van der Waals surface area contributed by atoms with Crippen molar-refractivity contribution in [1.29, 1.82) is 0 Å². The van der Waals surface area contributed by atoms with Gasteiger partial charge in [0.05, 0.1) is 0 Å². The second-order valence-electron chi connectivity index (χ2n) is 3.93. The van der Waals surface area contributed by atoms with Crippen molar-refractivity contribution in [3.05, 3.63) is 12.2 Å². The highest BCUT2D eigenvalue weighted by atomic mass is 19.4. The van der Waals surface area contributed by atoms with Crippen LogP contribution in [0.4, 0.5) is 13.2 Å². The molecule has 0 spiro atoms. The number of nitrogens with zero attached hydrogens (tertiary/aromatic N) is 1. The van der Waals surface area contributed by atoms with E-state index in [0.29, 0.717) is 19.6 Å². The van der Waals surface area contributed by atoms with Gasteiger partial charge in [-0.15, -0.1) is 0 Å². The van der Waals surface area contributed by atoms with Crippen LogP contribution in [-0.2, 0) is 19.2 Å². The zero-order chi connectivity index (χ0) is 17.3. The standard InChI is InChI=1S/C9H13N3O3.C2HF3O2/c10-7(13)3-4-11-5-6-12-8(14)1-2-9(12)15;3-2(4,5)1(6)7/h1-2,11H,3-6H2,(H2,10,13);(H,6,7). The lowest BCUT2D eigenvalue weighted by Crippen LogP contribution is -2.37. The number of halogens is 3. The number of primary amides is 1. The molecule has 0 aromatic carbocycles. The average Bonchev–Trinajstić information content (AvgIpc) is 2.69. The summed E-state index contributed by atoms with van der Waals surface area (Å²) in [6.45, 7) is 1.23. The van der Waals surface area contributed by atoms with Crippen molar-refractivity contribution in [1.82, 2.24) is 10.2 Å². The third-order valence-corrected chi connectivity index (χ3v) is 2.20. The number of hydrogen-bond acceptors (Lipinski definition) is 5. The summed E-state index contributed by atoms with van der Waals surface area (Å²) in [5, 5.41) is 10.0. The van der Waals surface area contributed by atoms with Gasteiger partial charge in [0.15, 0.2) is 0 Å². The molecule has 3 amide bonds. The second kappa shape index (κ2) is 8.77. The van der Waals surface area contributed by atoms with Crippen LogP contribution in [-0.4, -0.2) is 59.5 Å². The van der Waals surface area contributed by atoms with Gasteiger partial charge in [0.25, 0.3) is 11.8 Å². The van der Waals surface area contributed by atoms with Gasteiger partial charge in [-0.3, -0.25) is 19.3 Å². The van der Waals surface area contributed by atoms with Crippen LogP contribution in [0.5, 0.6) is 0 Å². The minimum atomic E-state index is -5.08. The summed E-state index contributed by atoms with van der Waals surface area (Å²) in [5.41, 5.74) is 4.93. The van der Waals surface area contributed by atoms with E-state index in [0.717, 1.165) is 4.90 Å². The molecule has 0 fully saturated rings. The predicted octanol–water partition coefficient (Wildman–Crippen LogP) is -0.990. The van der Waals surface area contributed by atoms with Gasteiger partial charge in [-0.05, 0) is 0 Å². The predicted molar refractivity (Wildman–Crippen MR) is 66.2 cm³/mol. The van der Waals surface area contributed by atoms with E-state index >= 15 is 0 Å². The van der Waals surface area contributed by atoms with Crippen molar-refractivity contribution in [2.75, 3.05) is 19.6 Å². The molecular weight excluding hydrogens is 311 g/mol. The molecular formula is C11H14F3N3O5. The summed E-state index contributed by atoms with van der Waals surface area (Å²) in [7, 11) is 0. The fourth-order valence-corrected chi connectivity index (χ4v) is 1.18. The summed E-state index contributed by atoms with van der Waals surface area (Å²) < 4.78 is 31.7. The summed E-state index contributed by atoms with van der Waals surface area (Å²) in [6, 6.07) is 0. The first kappa shape index (κ1) is 19.6. The molecule has 1 heterocycles. The SMILES string of the molecule is NC(=O)CCNCCN1C(=O)C=CC1=O.O=C(O)C(F)(F)F. The Hall–Kier alpha value is -2.43. The maximum Gasteiger partial charge on any atom is 0.490 e. The number of amides is 3. The number of imide groups is 1. The minimum Gasteiger partial charge on any atom is -0.475 e. The fourth-order valence-electron chi connectivity index (χ4n) is 1.18. The van der Waals surface area contributed by atoms with Crippen LogP contribution in [0.1, 0.15) is 6.42 Å². The van der Waals surface area contributed by atoms with E-state index in [1.807, 2.05) is 0 Å². The van der Waals surface area contributed by atoms with Crippen molar-refractivity contribution in [2.24, 2.45) is 5.73 Å². The Labute approximate surface area is 122 Å². The van der Waals surface area contributed by atoms with Crippen LogP contribution < -0.4 is 11.1 Å². The molecule has 124 valence electrons. The molecule has 1 aliphatic heterocycles. The number of nitrogens with two attached hydrogens (primary N) is 1. The summed E-state index contributed by atoms with van der Waals surface area (Å²) in [5.74, 6) is -3.72. The van der Waals surface area contributed by atoms with Gasteiger partial charge in [-0.2, -0.15) is 13.2 Å². The molecule has 0 aromatic heterocycles. The van der Waals surface area contributed by atoms with Crippen molar-refractivity contribution in [2.45, 2.75) is 12.6 Å². The lowest BCUT2D eigenvalue weighted by atomic mass is 10.4. The van der Waals surface area contributed by atoms with Gasteiger partial charge in [-0.25, -0.2) is 4.79 Å². The Kier molecular flexibility index (Phi) is 7.80. The Balaban J connectivity index is 0.000000534. The maximum absolute atomic E-state index is 11.1. The average molecular weight is 325 g/mol. The quantitative estimate of drug-likeness (QED) is 0.425. The van der Waals surface area contributed by atoms with Gasteiger partial charge in [0, 0.05) is 38.2 Å². The van der Waals surface area contributed by atoms with Gasteiger partial charge in [-0.1, -0.05) is 0 Å². The monoisotopic (exact) mass is 325 g/mol. The van der Waals surface area contributed by atoms with Crippen molar-refractivity contribution < 1.29 is 37.5 Å². The molecule has 0 unspecified atom stereocenters.